The minimum Gasteiger partial charge on any atom is -0.497 e. The number of carbonyl (C=O) groups excluding carboxylic acids is 2. The Kier molecular flexibility index (Phi) is 11.0. The number of hydrogen-bond acceptors (Lipinski definition) is 6. The van der Waals surface area contributed by atoms with Crippen molar-refractivity contribution in [1.29, 1.82) is 0 Å². The molecule has 0 bridgehead atoms. The molecular formula is C30H37N3O6S. The molecule has 0 aliphatic carbocycles. The second-order valence-corrected chi connectivity index (χ2v) is 11.2. The van der Waals surface area contributed by atoms with Crippen LogP contribution in [0.2, 0.25) is 0 Å². The second kappa shape index (κ2) is 14.4. The summed E-state index contributed by atoms with van der Waals surface area (Å²) in [6, 6.07) is 22.8. The van der Waals surface area contributed by atoms with Crippen molar-refractivity contribution in [1.82, 2.24) is 10.2 Å². The summed E-state index contributed by atoms with van der Waals surface area (Å²) in [5.41, 5.74) is 2.21. The van der Waals surface area contributed by atoms with Gasteiger partial charge in [0.1, 0.15) is 17.5 Å². The van der Waals surface area contributed by atoms with Gasteiger partial charge in [-0.25, -0.2) is 8.42 Å². The van der Waals surface area contributed by atoms with E-state index >= 15 is 0 Å². The quantitative estimate of drug-likeness (QED) is 0.319. The number of amides is 2. The van der Waals surface area contributed by atoms with E-state index < -0.39 is 16.1 Å². The highest BCUT2D eigenvalue weighted by atomic mass is 32.2. The lowest BCUT2D eigenvalue weighted by molar-refractivity contribution is -0.141. The molecule has 3 aromatic rings. The molecule has 0 saturated carbocycles. The highest BCUT2D eigenvalue weighted by Gasteiger charge is 2.30. The lowest BCUT2D eigenvalue weighted by Crippen LogP contribution is -2.49. The van der Waals surface area contributed by atoms with Crippen molar-refractivity contribution in [2.75, 3.05) is 38.4 Å². The van der Waals surface area contributed by atoms with Crippen molar-refractivity contribution < 1.29 is 27.5 Å². The van der Waals surface area contributed by atoms with Gasteiger partial charge in [0.05, 0.1) is 26.2 Å². The van der Waals surface area contributed by atoms with Gasteiger partial charge in [-0.1, -0.05) is 42.5 Å². The van der Waals surface area contributed by atoms with Crippen LogP contribution in [0.25, 0.3) is 0 Å². The van der Waals surface area contributed by atoms with E-state index in [1.807, 2.05) is 54.6 Å². The molecule has 0 aliphatic rings. The van der Waals surface area contributed by atoms with Crippen molar-refractivity contribution in [2.45, 2.75) is 31.8 Å². The van der Waals surface area contributed by atoms with Crippen LogP contribution in [0, 0.1) is 0 Å². The molecule has 3 aromatic carbocycles. The van der Waals surface area contributed by atoms with Gasteiger partial charge in [0.2, 0.25) is 21.8 Å². The van der Waals surface area contributed by atoms with Crippen molar-refractivity contribution in [3.63, 3.8) is 0 Å². The predicted molar refractivity (Wildman–Crippen MR) is 156 cm³/mol. The highest BCUT2D eigenvalue weighted by molar-refractivity contribution is 7.92. The first-order chi connectivity index (χ1) is 19.2. The normalized spacial score (nSPS) is 11.8. The monoisotopic (exact) mass is 567 g/mol. The fourth-order valence-electron chi connectivity index (χ4n) is 4.44. The SMILES string of the molecule is CNC(=O)[C@H](Cc1ccccc1)N(Cc1cccc(OC)c1)C(=O)CCCN(c1ccc(OC)cc1)S(C)(=O)=O. The topological polar surface area (TPSA) is 105 Å². The standard InChI is InChI=1S/C30H37N3O6S/c1-31-30(35)28(21-23-10-6-5-7-11-23)32(22-24-12-8-13-27(20-24)39-3)29(34)14-9-19-33(40(4,36)37)25-15-17-26(38-2)18-16-25/h5-8,10-13,15-18,20,28H,9,14,19,21-22H2,1-4H3,(H,31,35)/t28-/m0/s1. The first kappa shape index (κ1) is 30.5. The van der Waals surface area contributed by atoms with Crippen LogP contribution in [0.5, 0.6) is 11.5 Å². The van der Waals surface area contributed by atoms with E-state index in [2.05, 4.69) is 5.32 Å². The minimum atomic E-state index is -3.60. The Labute approximate surface area is 236 Å². The zero-order valence-corrected chi connectivity index (χ0v) is 24.2. The average molecular weight is 568 g/mol. The largest absolute Gasteiger partial charge is 0.497 e. The Morgan fingerprint density at radius 2 is 1.52 bits per heavy atom. The van der Waals surface area contributed by atoms with Crippen LogP contribution in [-0.2, 0) is 32.6 Å². The van der Waals surface area contributed by atoms with Gasteiger partial charge in [0.25, 0.3) is 0 Å². The third-order valence-corrected chi connectivity index (χ3v) is 7.71. The van der Waals surface area contributed by atoms with E-state index in [1.54, 1.807) is 43.3 Å². The minimum absolute atomic E-state index is 0.0500. The molecule has 1 N–H and O–H groups in total. The number of anilines is 1. The number of benzene rings is 3. The molecule has 0 spiro atoms. The Bertz CT molecular complexity index is 1360. The molecule has 1 atom stereocenters. The number of nitrogens with zero attached hydrogens (tertiary/aromatic N) is 2. The van der Waals surface area contributed by atoms with E-state index in [1.165, 1.54) is 11.4 Å². The molecule has 0 saturated heterocycles. The first-order valence-electron chi connectivity index (χ1n) is 13.0. The summed E-state index contributed by atoms with van der Waals surface area (Å²) in [6.07, 6.45) is 1.78. The maximum Gasteiger partial charge on any atom is 0.242 e. The second-order valence-electron chi connectivity index (χ2n) is 9.33. The fraction of sp³-hybridized carbons (Fsp3) is 0.333. The summed E-state index contributed by atoms with van der Waals surface area (Å²) in [5, 5.41) is 2.70. The van der Waals surface area contributed by atoms with Gasteiger partial charge < -0.3 is 19.7 Å². The van der Waals surface area contributed by atoms with Gasteiger partial charge in [0.15, 0.2) is 0 Å². The van der Waals surface area contributed by atoms with Crippen LogP contribution in [0.3, 0.4) is 0 Å². The summed E-state index contributed by atoms with van der Waals surface area (Å²) in [5.74, 6) is 0.721. The maximum absolute atomic E-state index is 13.7. The van der Waals surface area contributed by atoms with Crippen LogP contribution in [0.1, 0.15) is 24.0 Å². The van der Waals surface area contributed by atoms with Crippen LogP contribution >= 0.6 is 0 Å². The summed E-state index contributed by atoms with van der Waals surface area (Å²) in [7, 11) is 1.06. The molecule has 10 heteroatoms. The average Bonchev–Trinajstić information content (AvgIpc) is 2.96. The van der Waals surface area contributed by atoms with Crippen molar-refractivity contribution in [2.24, 2.45) is 0 Å². The number of hydrogen-bond donors (Lipinski definition) is 1. The van der Waals surface area contributed by atoms with E-state index in [0.29, 0.717) is 23.6 Å². The molecule has 0 fully saturated rings. The molecule has 0 unspecified atom stereocenters. The predicted octanol–water partition coefficient (Wildman–Crippen LogP) is 3.64. The van der Waals surface area contributed by atoms with Crippen molar-refractivity contribution in [3.05, 3.63) is 90.0 Å². The molecule has 0 aromatic heterocycles. The first-order valence-corrected chi connectivity index (χ1v) is 14.8. The molecule has 214 valence electrons. The summed E-state index contributed by atoms with van der Waals surface area (Å²) in [6.45, 7) is 0.294. The number of ether oxygens (including phenoxy) is 2. The van der Waals surface area contributed by atoms with Gasteiger partial charge in [-0.15, -0.1) is 0 Å². The van der Waals surface area contributed by atoms with Crippen molar-refractivity contribution in [3.8, 4) is 11.5 Å². The van der Waals surface area contributed by atoms with E-state index in [9.17, 15) is 18.0 Å². The zero-order chi connectivity index (χ0) is 29.1. The number of carbonyl (C=O) groups is 2. The molecule has 40 heavy (non-hydrogen) atoms. The summed E-state index contributed by atoms with van der Waals surface area (Å²) >= 11 is 0. The van der Waals surface area contributed by atoms with Gasteiger partial charge in [-0.3, -0.25) is 13.9 Å². The van der Waals surface area contributed by atoms with Crippen LogP contribution in [-0.4, -0.2) is 65.2 Å². The molecule has 0 heterocycles. The van der Waals surface area contributed by atoms with Crippen LogP contribution < -0.4 is 19.1 Å². The summed E-state index contributed by atoms with van der Waals surface area (Å²) in [4.78, 5) is 28.4. The highest BCUT2D eigenvalue weighted by Crippen LogP contribution is 2.23. The fourth-order valence-corrected chi connectivity index (χ4v) is 5.41. The van der Waals surface area contributed by atoms with Crippen LogP contribution in [0.4, 0.5) is 5.69 Å². The Morgan fingerprint density at radius 1 is 0.875 bits per heavy atom. The van der Waals surface area contributed by atoms with E-state index in [-0.39, 0.29) is 37.7 Å². The molecular weight excluding hydrogens is 530 g/mol. The number of rotatable bonds is 14. The zero-order valence-electron chi connectivity index (χ0n) is 23.4. The lowest BCUT2D eigenvalue weighted by Gasteiger charge is -2.31. The van der Waals surface area contributed by atoms with Gasteiger partial charge in [-0.05, 0) is 53.9 Å². The van der Waals surface area contributed by atoms with Gasteiger partial charge in [-0.2, -0.15) is 0 Å². The maximum atomic E-state index is 13.7. The Morgan fingerprint density at radius 3 is 2.12 bits per heavy atom. The van der Waals surface area contributed by atoms with Gasteiger partial charge >= 0.3 is 0 Å². The third kappa shape index (κ3) is 8.47. The Hall–Kier alpha value is -4.05. The number of methoxy groups -OCH3 is 2. The molecule has 0 radical (unpaired) electrons. The smallest absolute Gasteiger partial charge is 0.242 e. The number of nitrogens with one attached hydrogen (secondary N) is 1. The van der Waals surface area contributed by atoms with Gasteiger partial charge in [0, 0.05) is 33.0 Å². The summed E-state index contributed by atoms with van der Waals surface area (Å²) < 4.78 is 36.9. The van der Waals surface area contributed by atoms with Crippen LogP contribution in [0.15, 0.2) is 78.9 Å². The molecule has 0 aliphatic heterocycles. The molecule has 2 amide bonds. The number of sulfonamides is 1. The third-order valence-electron chi connectivity index (χ3n) is 6.52. The Balaban J connectivity index is 1.85. The molecule has 9 nitrogen and oxygen atoms in total. The van der Waals surface area contributed by atoms with E-state index in [0.717, 1.165) is 17.4 Å². The lowest BCUT2D eigenvalue weighted by atomic mass is 10.0. The van der Waals surface area contributed by atoms with E-state index in [4.69, 9.17) is 9.47 Å². The number of likely N-dealkylation sites (N-methyl/N-ethyl adjacent to an activating group) is 1. The molecule has 3 rings (SSSR count). The van der Waals surface area contributed by atoms with Crippen molar-refractivity contribution >= 4 is 27.5 Å².